The fourth-order valence-electron chi connectivity index (χ4n) is 1.83. The van der Waals surface area contributed by atoms with Gasteiger partial charge in [0.2, 0.25) is 0 Å². The average molecular weight is 403 g/mol. The molecule has 108 valence electrons. The van der Waals surface area contributed by atoms with Gasteiger partial charge in [0, 0.05) is 21.9 Å². The first-order chi connectivity index (χ1) is 9.60. The van der Waals surface area contributed by atoms with Gasteiger partial charge in [0.05, 0.1) is 0 Å². The fraction of sp³-hybridized carbons (Fsp3) is 0.429. The lowest BCUT2D eigenvalue weighted by atomic mass is 10.2. The molecule has 0 bridgehead atoms. The molecule has 0 amide bonds. The second kappa shape index (κ2) is 7.22. The Balaban J connectivity index is 2.07. The van der Waals surface area contributed by atoms with E-state index < -0.39 is 0 Å². The zero-order valence-corrected chi connectivity index (χ0v) is 14.7. The standard InChI is InChI=1S/C14H17Br2N3O/c1-10(2)7-19-14(17-9-18-19)8-20-13-4-3-12(16)5-11(13)6-15/h3-5,9-10H,6-8H2,1-2H3. The highest BCUT2D eigenvalue weighted by molar-refractivity contribution is 9.10. The third-order valence-corrected chi connectivity index (χ3v) is 3.85. The molecule has 1 aromatic carbocycles. The molecule has 6 heteroatoms. The van der Waals surface area contributed by atoms with Gasteiger partial charge in [-0.3, -0.25) is 0 Å². The summed E-state index contributed by atoms with van der Waals surface area (Å²) in [5, 5.41) is 4.98. The van der Waals surface area contributed by atoms with E-state index in [-0.39, 0.29) is 0 Å². The van der Waals surface area contributed by atoms with Crippen molar-refractivity contribution in [2.75, 3.05) is 0 Å². The minimum absolute atomic E-state index is 0.425. The number of ether oxygens (including phenoxy) is 1. The van der Waals surface area contributed by atoms with Gasteiger partial charge in [-0.25, -0.2) is 9.67 Å². The van der Waals surface area contributed by atoms with Crippen LogP contribution in [-0.4, -0.2) is 14.8 Å². The Hall–Kier alpha value is -0.880. The third kappa shape index (κ3) is 4.06. The van der Waals surface area contributed by atoms with E-state index in [2.05, 4.69) is 55.8 Å². The van der Waals surface area contributed by atoms with Gasteiger partial charge in [-0.05, 0) is 24.1 Å². The second-order valence-corrected chi connectivity index (χ2v) is 6.40. The summed E-state index contributed by atoms with van der Waals surface area (Å²) in [5.41, 5.74) is 1.11. The molecular formula is C14H17Br2N3O. The van der Waals surface area contributed by atoms with E-state index in [1.807, 2.05) is 22.9 Å². The molecule has 1 heterocycles. The van der Waals surface area contributed by atoms with Gasteiger partial charge >= 0.3 is 0 Å². The van der Waals surface area contributed by atoms with Crippen LogP contribution in [0.3, 0.4) is 0 Å². The van der Waals surface area contributed by atoms with E-state index in [0.717, 1.165) is 33.5 Å². The summed E-state index contributed by atoms with van der Waals surface area (Å²) in [4.78, 5) is 4.26. The van der Waals surface area contributed by atoms with Crippen LogP contribution in [0.1, 0.15) is 25.2 Å². The molecule has 2 rings (SSSR count). The molecule has 4 nitrogen and oxygen atoms in total. The van der Waals surface area contributed by atoms with Crippen LogP contribution in [0, 0.1) is 5.92 Å². The zero-order chi connectivity index (χ0) is 14.5. The van der Waals surface area contributed by atoms with E-state index in [1.165, 1.54) is 0 Å². The summed E-state index contributed by atoms with van der Waals surface area (Å²) in [6.07, 6.45) is 1.58. The summed E-state index contributed by atoms with van der Waals surface area (Å²) in [6.45, 7) is 5.59. The molecule has 0 aliphatic rings. The molecule has 0 atom stereocenters. The van der Waals surface area contributed by atoms with E-state index in [9.17, 15) is 0 Å². The highest BCUT2D eigenvalue weighted by Gasteiger charge is 2.09. The number of hydrogen-bond donors (Lipinski definition) is 0. The van der Waals surface area contributed by atoms with Crippen LogP contribution in [0.15, 0.2) is 29.0 Å². The summed E-state index contributed by atoms with van der Waals surface area (Å²) in [7, 11) is 0. The predicted octanol–water partition coefficient (Wildman–Crippen LogP) is 4.17. The van der Waals surface area contributed by atoms with Crippen LogP contribution in [0.25, 0.3) is 0 Å². The maximum atomic E-state index is 5.88. The quantitative estimate of drug-likeness (QED) is 0.680. The van der Waals surface area contributed by atoms with Gasteiger partial charge in [-0.1, -0.05) is 45.7 Å². The van der Waals surface area contributed by atoms with Crippen molar-refractivity contribution < 1.29 is 4.74 Å². The van der Waals surface area contributed by atoms with Crippen LogP contribution in [0.2, 0.25) is 0 Å². The Morgan fingerprint density at radius 2 is 2.15 bits per heavy atom. The molecule has 1 aromatic heterocycles. The highest BCUT2D eigenvalue weighted by Crippen LogP contribution is 2.25. The lowest BCUT2D eigenvalue weighted by Gasteiger charge is -2.12. The Bertz CT molecular complexity index is 569. The van der Waals surface area contributed by atoms with Gasteiger partial charge < -0.3 is 4.74 Å². The van der Waals surface area contributed by atoms with Crippen molar-refractivity contribution in [1.29, 1.82) is 0 Å². The molecule has 0 N–H and O–H groups in total. The van der Waals surface area contributed by atoms with Crippen molar-refractivity contribution in [2.24, 2.45) is 5.92 Å². The molecule has 0 saturated carbocycles. The lowest BCUT2D eigenvalue weighted by molar-refractivity contribution is 0.280. The Morgan fingerprint density at radius 1 is 1.35 bits per heavy atom. The van der Waals surface area contributed by atoms with Gasteiger partial charge in [0.1, 0.15) is 18.7 Å². The Labute approximate surface area is 135 Å². The van der Waals surface area contributed by atoms with E-state index in [4.69, 9.17) is 4.74 Å². The number of hydrogen-bond acceptors (Lipinski definition) is 3. The molecule has 0 unspecified atom stereocenters. The number of alkyl halides is 1. The van der Waals surface area contributed by atoms with Crippen LogP contribution >= 0.6 is 31.9 Å². The van der Waals surface area contributed by atoms with Crippen LogP contribution in [0.4, 0.5) is 0 Å². The smallest absolute Gasteiger partial charge is 0.164 e. The molecule has 0 radical (unpaired) electrons. The topological polar surface area (TPSA) is 39.9 Å². The first kappa shape index (κ1) is 15.5. The van der Waals surface area contributed by atoms with Gasteiger partial charge in [-0.15, -0.1) is 0 Å². The number of aromatic nitrogens is 3. The summed E-state index contributed by atoms with van der Waals surface area (Å²) >= 11 is 6.94. The van der Waals surface area contributed by atoms with Crippen molar-refractivity contribution in [3.8, 4) is 5.75 Å². The fourth-order valence-corrected chi connectivity index (χ4v) is 2.68. The van der Waals surface area contributed by atoms with Gasteiger partial charge in [0.15, 0.2) is 5.82 Å². The van der Waals surface area contributed by atoms with E-state index >= 15 is 0 Å². The first-order valence-electron chi connectivity index (χ1n) is 6.44. The largest absolute Gasteiger partial charge is 0.485 e. The Kier molecular flexibility index (Phi) is 5.60. The Morgan fingerprint density at radius 3 is 2.85 bits per heavy atom. The van der Waals surface area contributed by atoms with Crippen LogP contribution in [0.5, 0.6) is 5.75 Å². The lowest BCUT2D eigenvalue weighted by Crippen LogP contribution is -2.12. The third-order valence-electron chi connectivity index (χ3n) is 2.76. The zero-order valence-electron chi connectivity index (χ0n) is 11.5. The summed E-state index contributed by atoms with van der Waals surface area (Å²) in [6, 6.07) is 5.98. The van der Waals surface area contributed by atoms with E-state index in [0.29, 0.717) is 12.5 Å². The molecule has 20 heavy (non-hydrogen) atoms. The summed E-state index contributed by atoms with van der Waals surface area (Å²) in [5.74, 6) is 2.24. The molecule has 0 aliphatic heterocycles. The summed E-state index contributed by atoms with van der Waals surface area (Å²) < 4.78 is 8.82. The first-order valence-corrected chi connectivity index (χ1v) is 8.35. The van der Waals surface area contributed by atoms with Crippen LogP contribution < -0.4 is 4.74 Å². The maximum absolute atomic E-state index is 5.88. The van der Waals surface area contributed by atoms with Crippen LogP contribution in [-0.2, 0) is 18.5 Å². The van der Waals surface area contributed by atoms with Crippen molar-refractivity contribution in [1.82, 2.24) is 14.8 Å². The molecule has 2 aromatic rings. The molecule has 0 spiro atoms. The number of nitrogens with zero attached hydrogens (tertiary/aromatic N) is 3. The van der Waals surface area contributed by atoms with Gasteiger partial charge in [0.25, 0.3) is 0 Å². The number of halogens is 2. The normalized spacial score (nSPS) is 11.1. The molecule has 0 fully saturated rings. The second-order valence-electron chi connectivity index (χ2n) is 4.93. The monoisotopic (exact) mass is 401 g/mol. The van der Waals surface area contributed by atoms with Gasteiger partial charge in [-0.2, -0.15) is 5.10 Å². The maximum Gasteiger partial charge on any atom is 0.164 e. The molecule has 0 aliphatic carbocycles. The molecular weight excluding hydrogens is 386 g/mol. The number of rotatable bonds is 6. The highest BCUT2D eigenvalue weighted by atomic mass is 79.9. The SMILES string of the molecule is CC(C)Cn1ncnc1COc1ccc(Br)cc1CBr. The predicted molar refractivity (Wildman–Crippen MR) is 86.0 cm³/mol. The van der Waals surface area contributed by atoms with Crippen molar-refractivity contribution >= 4 is 31.9 Å². The minimum atomic E-state index is 0.425. The van der Waals surface area contributed by atoms with Crippen molar-refractivity contribution in [3.63, 3.8) is 0 Å². The van der Waals surface area contributed by atoms with Crippen molar-refractivity contribution in [3.05, 3.63) is 40.4 Å². The average Bonchev–Trinajstić information content (AvgIpc) is 2.83. The van der Waals surface area contributed by atoms with Crippen molar-refractivity contribution in [2.45, 2.75) is 32.3 Å². The number of benzene rings is 1. The minimum Gasteiger partial charge on any atom is -0.485 e. The van der Waals surface area contributed by atoms with E-state index in [1.54, 1.807) is 6.33 Å². The molecule has 0 saturated heterocycles.